The van der Waals surface area contributed by atoms with Crippen LogP contribution in [0.2, 0.25) is 0 Å². The van der Waals surface area contributed by atoms with E-state index in [2.05, 4.69) is 36.0 Å². The van der Waals surface area contributed by atoms with Gasteiger partial charge in [0.1, 0.15) is 0 Å². The second-order valence-corrected chi connectivity index (χ2v) is 5.56. The Balaban J connectivity index is 0. The molecular weight excluding hydrogens is 292 g/mol. The Kier molecular flexibility index (Phi) is 24.3. The molecule has 23 heavy (non-hydrogen) atoms. The van der Waals surface area contributed by atoms with Crippen LogP contribution in [0.15, 0.2) is 24.3 Å². The highest BCUT2D eigenvalue weighted by molar-refractivity contribution is 5.68. The monoisotopic (exact) mass is 328 g/mol. The Morgan fingerprint density at radius 1 is 0.826 bits per heavy atom. The van der Waals surface area contributed by atoms with Crippen molar-refractivity contribution in [3.8, 4) is 0 Å². The van der Waals surface area contributed by atoms with E-state index in [1.54, 1.807) is 0 Å². The van der Waals surface area contributed by atoms with E-state index in [0.29, 0.717) is 6.42 Å². The zero-order valence-electron chi connectivity index (χ0n) is 15.0. The Morgan fingerprint density at radius 2 is 1.35 bits per heavy atom. The number of ether oxygens (including phenoxy) is 1. The predicted molar refractivity (Wildman–Crippen MR) is 96.6 cm³/mol. The normalized spacial score (nSPS) is 10.8. The molecule has 136 valence electrons. The second-order valence-electron chi connectivity index (χ2n) is 5.56. The van der Waals surface area contributed by atoms with E-state index in [1.165, 1.54) is 58.5 Å². The van der Waals surface area contributed by atoms with Gasteiger partial charge in [-0.1, -0.05) is 63.3 Å². The lowest BCUT2D eigenvalue weighted by atomic mass is 10.1. The number of esters is 1. The van der Waals surface area contributed by atoms with E-state index in [9.17, 15) is 4.79 Å². The number of carbonyl (C=O) groups excluding carboxylic acids is 1. The molecule has 0 aromatic heterocycles. The molecule has 0 bridgehead atoms. The highest BCUT2D eigenvalue weighted by atomic mass is 17.0. The number of carbonyl (C=O) groups is 1. The number of rotatable bonds is 14. The van der Waals surface area contributed by atoms with Crippen molar-refractivity contribution >= 4 is 5.97 Å². The molecule has 4 heteroatoms. The lowest BCUT2D eigenvalue weighted by Gasteiger charge is -1.99. The molecule has 0 atom stereocenters. The van der Waals surface area contributed by atoms with Gasteiger partial charge in [0.15, 0.2) is 0 Å². The Hall–Kier alpha value is -1.13. The topological polar surface area (TPSA) is 66.8 Å². The molecule has 0 aliphatic heterocycles. The molecule has 0 aliphatic rings. The molecule has 0 rings (SSSR count). The molecule has 0 radical (unpaired) electrons. The van der Waals surface area contributed by atoms with Gasteiger partial charge in [-0.2, -0.15) is 0 Å². The molecule has 2 N–H and O–H groups in total. The van der Waals surface area contributed by atoms with E-state index in [4.69, 9.17) is 10.5 Å². The SMILES string of the molecule is CCCCC/C=C/C/C=C/CCCCCCCC(=O)OC.OO. The van der Waals surface area contributed by atoms with Crippen LogP contribution in [0.3, 0.4) is 0 Å². The predicted octanol–water partition coefficient (Wildman–Crippen LogP) is 5.99. The first-order chi connectivity index (χ1) is 11.3. The summed E-state index contributed by atoms with van der Waals surface area (Å²) < 4.78 is 4.62. The minimum Gasteiger partial charge on any atom is -0.469 e. The van der Waals surface area contributed by atoms with Crippen LogP contribution in [0.1, 0.15) is 84.0 Å². The summed E-state index contributed by atoms with van der Waals surface area (Å²) in [6.07, 6.45) is 23.0. The summed E-state index contributed by atoms with van der Waals surface area (Å²) in [5, 5.41) is 12.0. The van der Waals surface area contributed by atoms with Crippen LogP contribution in [0.4, 0.5) is 0 Å². The van der Waals surface area contributed by atoms with Crippen molar-refractivity contribution in [2.24, 2.45) is 0 Å². The summed E-state index contributed by atoms with van der Waals surface area (Å²) in [7, 11) is 1.45. The smallest absolute Gasteiger partial charge is 0.305 e. The van der Waals surface area contributed by atoms with Gasteiger partial charge in [-0.25, -0.2) is 0 Å². The van der Waals surface area contributed by atoms with Crippen LogP contribution < -0.4 is 0 Å². The van der Waals surface area contributed by atoms with E-state index in [-0.39, 0.29) is 5.97 Å². The van der Waals surface area contributed by atoms with Gasteiger partial charge in [-0.05, 0) is 38.5 Å². The average molecular weight is 328 g/mol. The molecule has 0 amide bonds. The summed E-state index contributed by atoms with van der Waals surface area (Å²) in [4.78, 5) is 10.9. The first-order valence-electron chi connectivity index (χ1n) is 8.88. The third-order valence-electron chi connectivity index (χ3n) is 3.56. The minimum atomic E-state index is -0.0827. The molecule has 0 unspecified atom stereocenters. The molecule has 0 fully saturated rings. The Morgan fingerprint density at radius 3 is 1.91 bits per heavy atom. The summed E-state index contributed by atoms with van der Waals surface area (Å²) >= 11 is 0. The van der Waals surface area contributed by atoms with Gasteiger partial charge in [-0.3, -0.25) is 15.3 Å². The van der Waals surface area contributed by atoms with Crippen molar-refractivity contribution < 1.29 is 20.0 Å². The van der Waals surface area contributed by atoms with Crippen LogP contribution >= 0.6 is 0 Å². The summed E-state index contributed by atoms with van der Waals surface area (Å²) in [5.41, 5.74) is 0. The fraction of sp³-hybridized carbons (Fsp3) is 0.737. The number of methoxy groups -OCH3 is 1. The molecular formula is C19H36O4. The van der Waals surface area contributed by atoms with Crippen LogP contribution in [0.25, 0.3) is 0 Å². The number of hydrogen-bond donors (Lipinski definition) is 2. The fourth-order valence-corrected chi connectivity index (χ4v) is 2.18. The lowest BCUT2D eigenvalue weighted by molar-refractivity contribution is -0.176. The quantitative estimate of drug-likeness (QED) is 0.135. The first-order valence-corrected chi connectivity index (χ1v) is 8.88. The highest BCUT2D eigenvalue weighted by Crippen LogP contribution is 2.08. The third kappa shape index (κ3) is 23.3. The molecule has 0 aromatic carbocycles. The van der Waals surface area contributed by atoms with Crippen molar-refractivity contribution in [3.63, 3.8) is 0 Å². The molecule has 0 saturated carbocycles. The summed E-state index contributed by atoms with van der Waals surface area (Å²) in [6.45, 7) is 2.24. The molecule has 0 heterocycles. The van der Waals surface area contributed by atoms with Crippen LogP contribution in [0, 0.1) is 0 Å². The molecule has 0 saturated heterocycles. The minimum absolute atomic E-state index is 0.0827. The second kappa shape index (κ2) is 23.1. The zero-order chi connectivity index (χ0) is 17.6. The van der Waals surface area contributed by atoms with Gasteiger partial charge in [0, 0.05) is 6.42 Å². The van der Waals surface area contributed by atoms with Gasteiger partial charge in [0.05, 0.1) is 7.11 Å². The molecule has 4 nitrogen and oxygen atoms in total. The Bertz CT molecular complexity index is 285. The zero-order valence-corrected chi connectivity index (χ0v) is 15.0. The van der Waals surface area contributed by atoms with Gasteiger partial charge < -0.3 is 4.74 Å². The van der Waals surface area contributed by atoms with Gasteiger partial charge in [-0.15, -0.1) is 0 Å². The Labute approximate surface area is 142 Å². The van der Waals surface area contributed by atoms with Gasteiger partial charge in [0.2, 0.25) is 0 Å². The average Bonchev–Trinajstić information content (AvgIpc) is 2.59. The molecule has 0 aliphatic carbocycles. The maximum Gasteiger partial charge on any atom is 0.305 e. The van der Waals surface area contributed by atoms with E-state index >= 15 is 0 Å². The van der Waals surface area contributed by atoms with E-state index < -0.39 is 0 Å². The van der Waals surface area contributed by atoms with Crippen LogP contribution in [0.5, 0.6) is 0 Å². The van der Waals surface area contributed by atoms with Crippen LogP contribution in [-0.4, -0.2) is 23.6 Å². The molecule has 0 spiro atoms. The maximum absolute atomic E-state index is 10.9. The van der Waals surface area contributed by atoms with Crippen molar-refractivity contribution in [3.05, 3.63) is 24.3 Å². The van der Waals surface area contributed by atoms with Crippen molar-refractivity contribution in [2.45, 2.75) is 84.0 Å². The lowest BCUT2D eigenvalue weighted by Crippen LogP contribution is -1.98. The van der Waals surface area contributed by atoms with Gasteiger partial charge in [0.25, 0.3) is 0 Å². The van der Waals surface area contributed by atoms with Crippen molar-refractivity contribution in [1.29, 1.82) is 0 Å². The standard InChI is InChI=1S/C19H34O2.H2O2/c1-3-4-5-6-7-8-9-10-11-12-13-14-15-16-17-18-19(20)21-2;1-2/h7-8,10-11H,3-6,9,12-18H2,1-2H3;1-2H/b8-7+,11-10+;. The third-order valence-corrected chi connectivity index (χ3v) is 3.56. The first kappa shape index (κ1) is 24.1. The number of hydrogen-bond acceptors (Lipinski definition) is 4. The molecule has 0 aromatic rings. The number of allylic oxidation sites excluding steroid dienone is 4. The van der Waals surface area contributed by atoms with Crippen molar-refractivity contribution in [2.75, 3.05) is 7.11 Å². The summed E-state index contributed by atoms with van der Waals surface area (Å²) in [5.74, 6) is -0.0827. The number of unbranched alkanes of at least 4 members (excludes halogenated alkanes) is 8. The van der Waals surface area contributed by atoms with Crippen molar-refractivity contribution in [1.82, 2.24) is 0 Å². The van der Waals surface area contributed by atoms with E-state index in [0.717, 1.165) is 19.3 Å². The summed E-state index contributed by atoms with van der Waals surface area (Å²) in [6, 6.07) is 0. The largest absolute Gasteiger partial charge is 0.469 e. The maximum atomic E-state index is 10.9. The van der Waals surface area contributed by atoms with Crippen LogP contribution in [-0.2, 0) is 9.53 Å². The van der Waals surface area contributed by atoms with Gasteiger partial charge >= 0.3 is 5.97 Å². The van der Waals surface area contributed by atoms with E-state index in [1.807, 2.05) is 0 Å². The highest BCUT2D eigenvalue weighted by Gasteiger charge is 1.98. The fourth-order valence-electron chi connectivity index (χ4n) is 2.18.